The van der Waals surface area contributed by atoms with E-state index in [1.54, 1.807) is 13.2 Å². The number of aromatic hydroxyl groups is 1. The summed E-state index contributed by atoms with van der Waals surface area (Å²) in [7, 11) is 1.56. The molecule has 1 unspecified atom stereocenters. The Morgan fingerprint density at radius 3 is 2.85 bits per heavy atom. The lowest BCUT2D eigenvalue weighted by Gasteiger charge is -2.42. The van der Waals surface area contributed by atoms with Crippen LogP contribution in [0.5, 0.6) is 11.5 Å². The molecule has 1 aromatic heterocycles. The first-order chi connectivity index (χ1) is 12.0. The third-order valence-electron chi connectivity index (χ3n) is 5.27. The van der Waals surface area contributed by atoms with Crippen molar-refractivity contribution in [3.8, 4) is 11.5 Å². The van der Waals surface area contributed by atoms with Gasteiger partial charge in [-0.1, -0.05) is 6.07 Å². The number of piperidine rings is 1. The molecule has 3 heterocycles. The maximum Gasteiger partial charge on any atom is 0.250 e. The minimum atomic E-state index is 0. The molecule has 140 valence electrons. The Balaban J connectivity index is 0.00000196. The third kappa shape index (κ3) is 3.50. The van der Waals surface area contributed by atoms with Crippen molar-refractivity contribution < 1.29 is 9.84 Å². The zero-order valence-corrected chi connectivity index (χ0v) is 16.9. The maximum absolute atomic E-state index is 12.1. The minimum Gasteiger partial charge on any atom is -0.503 e. The molecule has 0 amide bonds. The second-order valence-electron chi connectivity index (χ2n) is 7.02. The van der Waals surface area contributed by atoms with Crippen molar-refractivity contribution in [3.05, 3.63) is 56.4 Å². The van der Waals surface area contributed by atoms with Crippen molar-refractivity contribution in [2.24, 2.45) is 5.92 Å². The molecule has 2 atom stereocenters. The second-order valence-corrected chi connectivity index (χ2v) is 7.88. The van der Waals surface area contributed by atoms with E-state index in [1.807, 2.05) is 22.8 Å². The molecule has 1 saturated heterocycles. The highest BCUT2D eigenvalue weighted by Gasteiger charge is 2.34. The Hall–Kier alpha value is -1.50. The summed E-state index contributed by atoms with van der Waals surface area (Å²) in [4.78, 5) is 14.6. The molecule has 26 heavy (non-hydrogen) atoms. The number of benzene rings is 1. The largest absolute Gasteiger partial charge is 0.503 e. The molecular formula is C19H22BrClN2O3. The van der Waals surface area contributed by atoms with Crippen LogP contribution in [0, 0.1) is 5.92 Å². The second kappa shape index (κ2) is 7.62. The van der Waals surface area contributed by atoms with Crippen LogP contribution in [-0.4, -0.2) is 34.8 Å². The number of hydrogen-bond acceptors (Lipinski definition) is 4. The van der Waals surface area contributed by atoms with Crippen LogP contribution in [0.15, 0.2) is 39.6 Å². The van der Waals surface area contributed by atoms with E-state index in [9.17, 15) is 9.90 Å². The Bertz CT molecular complexity index is 870. The van der Waals surface area contributed by atoms with Gasteiger partial charge in [0.15, 0.2) is 11.5 Å². The predicted octanol–water partition coefficient (Wildman–Crippen LogP) is 3.37. The number of pyridine rings is 1. The van der Waals surface area contributed by atoms with Crippen LogP contribution in [0.1, 0.15) is 23.6 Å². The molecule has 0 radical (unpaired) electrons. The van der Waals surface area contributed by atoms with Gasteiger partial charge in [0.05, 0.1) is 11.6 Å². The molecule has 5 nitrogen and oxygen atoms in total. The SMILES string of the molecule is COc1cc(CN2CC3C[C@@H](C2)Cn2c3cccc2=O)cc(Br)c1O.Cl. The fourth-order valence-corrected chi connectivity index (χ4v) is 4.75. The first-order valence-electron chi connectivity index (χ1n) is 8.52. The van der Waals surface area contributed by atoms with Crippen LogP contribution in [0.3, 0.4) is 0 Å². The van der Waals surface area contributed by atoms with E-state index < -0.39 is 0 Å². The highest BCUT2D eigenvalue weighted by atomic mass is 79.9. The molecule has 1 N–H and O–H groups in total. The van der Waals surface area contributed by atoms with Crippen LogP contribution in [-0.2, 0) is 13.1 Å². The molecule has 2 aliphatic rings. The van der Waals surface area contributed by atoms with Crippen molar-refractivity contribution in [1.82, 2.24) is 9.47 Å². The summed E-state index contributed by atoms with van der Waals surface area (Å²) in [6.45, 7) is 3.54. The Kier molecular flexibility index (Phi) is 5.65. The lowest BCUT2D eigenvalue weighted by atomic mass is 9.83. The van der Waals surface area contributed by atoms with E-state index in [0.717, 1.165) is 43.9 Å². The molecule has 7 heteroatoms. The average molecular weight is 442 g/mol. The van der Waals surface area contributed by atoms with Gasteiger partial charge in [-0.05, 0) is 52.0 Å². The summed E-state index contributed by atoms with van der Waals surface area (Å²) in [5.74, 6) is 1.53. The average Bonchev–Trinajstić information content (AvgIpc) is 2.59. The van der Waals surface area contributed by atoms with Gasteiger partial charge in [0.25, 0.3) is 5.56 Å². The Morgan fingerprint density at radius 2 is 2.08 bits per heavy atom. The highest BCUT2D eigenvalue weighted by molar-refractivity contribution is 9.10. The van der Waals surface area contributed by atoms with Crippen molar-refractivity contribution in [2.75, 3.05) is 20.2 Å². The fourth-order valence-electron chi connectivity index (χ4n) is 4.26. The van der Waals surface area contributed by atoms with E-state index >= 15 is 0 Å². The standard InChI is InChI=1S/C19H21BrN2O3.ClH/c1-25-17-7-12(6-15(20)19(17)24)8-21-9-13-5-14(11-21)16-3-2-4-18(23)22(16)10-13;/h2-4,6-7,13-14,24H,5,8-11H2,1H3;1H/t13-,14?;/m0./s1. The van der Waals surface area contributed by atoms with Gasteiger partial charge in [-0.15, -0.1) is 12.4 Å². The van der Waals surface area contributed by atoms with Crippen LogP contribution < -0.4 is 10.3 Å². The maximum atomic E-state index is 12.1. The molecule has 1 aromatic carbocycles. The lowest BCUT2D eigenvalue weighted by Crippen LogP contribution is -2.46. The lowest BCUT2D eigenvalue weighted by molar-refractivity contribution is 0.114. The summed E-state index contributed by atoms with van der Waals surface area (Å²) in [6.07, 6.45) is 1.16. The summed E-state index contributed by atoms with van der Waals surface area (Å²) >= 11 is 3.39. The number of nitrogens with zero attached hydrogens (tertiary/aromatic N) is 2. The van der Waals surface area contributed by atoms with Crippen molar-refractivity contribution in [3.63, 3.8) is 0 Å². The van der Waals surface area contributed by atoms with Gasteiger partial charge >= 0.3 is 0 Å². The first kappa shape index (κ1) is 19.3. The van der Waals surface area contributed by atoms with Crippen LogP contribution >= 0.6 is 28.3 Å². The normalized spacial score (nSPS) is 21.6. The number of phenolic OH excluding ortho intramolecular Hbond substituents is 1. The number of hydrogen-bond donors (Lipinski definition) is 1. The van der Waals surface area contributed by atoms with Gasteiger partial charge in [-0.25, -0.2) is 0 Å². The number of methoxy groups -OCH3 is 1. The smallest absolute Gasteiger partial charge is 0.250 e. The number of phenols is 1. The first-order valence-corrected chi connectivity index (χ1v) is 9.32. The van der Waals surface area contributed by atoms with Crippen LogP contribution in [0.2, 0.25) is 0 Å². The molecule has 4 rings (SSSR count). The monoisotopic (exact) mass is 440 g/mol. The van der Waals surface area contributed by atoms with Gasteiger partial charge in [-0.2, -0.15) is 0 Å². The Labute approximate surface area is 167 Å². The van der Waals surface area contributed by atoms with Crippen molar-refractivity contribution >= 4 is 28.3 Å². The van der Waals surface area contributed by atoms with Gasteiger partial charge in [0.1, 0.15) is 0 Å². The number of fused-ring (bicyclic) bond motifs is 4. The van der Waals surface area contributed by atoms with E-state index in [2.05, 4.69) is 26.9 Å². The number of aromatic nitrogens is 1. The van der Waals surface area contributed by atoms with E-state index in [4.69, 9.17) is 4.74 Å². The Morgan fingerprint density at radius 1 is 1.27 bits per heavy atom. The zero-order valence-electron chi connectivity index (χ0n) is 14.5. The molecule has 0 aliphatic carbocycles. The van der Waals surface area contributed by atoms with Gasteiger partial charge < -0.3 is 14.4 Å². The number of ether oxygens (including phenoxy) is 1. The van der Waals surface area contributed by atoms with E-state index in [-0.39, 0.29) is 23.7 Å². The molecular weight excluding hydrogens is 420 g/mol. The van der Waals surface area contributed by atoms with Crippen molar-refractivity contribution in [2.45, 2.75) is 25.4 Å². The van der Waals surface area contributed by atoms with Gasteiger partial charge in [0.2, 0.25) is 0 Å². The predicted molar refractivity (Wildman–Crippen MR) is 106 cm³/mol. The number of halogens is 2. The van der Waals surface area contributed by atoms with Crippen LogP contribution in [0.4, 0.5) is 0 Å². The van der Waals surface area contributed by atoms with E-state index in [0.29, 0.717) is 22.1 Å². The molecule has 2 aliphatic heterocycles. The van der Waals surface area contributed by atoms with Crippen molar-refractivity contribution in [1.29, 1.82) is 0 Å². The number of likely N-dealkylation sites (tertiary alicyclic amines) is 1. The highest BCUT2D eigenvalue weighted by Crippen LogP contribution is 2.38. The fraction of sp³-hybridized carbons (Fsp3) is 0.421. The quantitative estimate of drug-likeness (QED) is 0.793. The summed E-state index contributed by atoms with van der Waals surface area (Å²) in [6, 6.07) is 9.45. The topological polar surface area (TPSA) is 54.7 Å². The summed E-state index contributed by atoms with van der Waals surface area (Å²) < 4.78 is 7.86. The summed E-state index contributed by atoms with van der Waals surface area (Å²) in [5, 5.41) is 9.98. The zero-order chi connectivity index (χ0) is 17.6. The van der Waals surface area contributed by atoms with Gasteiger partial charge in [-0.3, -0.25) is 9.69 Å². The minimum absolute atomic E-state index is 0. The molecule has 2 bridgehead atoms. The van der Waals surface area contributed by atoms with Gasteiger partial charge in [0, 0.05) is 43.9 Å². The summed E-state index contributed by atoms with van der Waals surface area (Å²) in [5.41, 5.74) is 2.39. The molecule has 1 fully saturated rings. The number of rotatable bonds is 3. The molecule has 2 aromatic rings. The molecule has 0 saturated carbocycles. The molecule has 0 spiro atoms. The third-order valence-corrected chi connectivity index (χ3v) is 5.87. The van der Waals surface area contributed by atoms with E-state index in [1.165, 1.54) is 0 Å². The van der Waals surface area contributed by atoms with Crippen LogP contribution in [0.25, 0.3) is 0 Å².